The number of hydrogen-bond acceptors (Lipinski definition) is 2. The van der Waals surface area contributed by atoms with Gasteiger partial charge in [-0.15, -0.1) is 0 Å². The standard InChI is InChI=1S/C46H28N2/c1-2-13-30(14-3-1)46-40-27-26-31-32(22-11-23-33(31)44(40)38-21-8-9-25-41(38)48-46)42-34-17-4-6-19-36(34)43(37-20-7-5-18-35(37)42)39-24-10-15-29-16-12-28-47-45(29)39/h1-28H. The lowest BCUT2D eigenvalue weighted by molar-refractivity contribution is 1.41. The van der Waals surface area contributed by atoms with Crippen molar-refractivity contribution in [2.24, 2.45) is 0 Å². The molecule has 10 rings (SSSR count). The van der Waals surface area contributed by atoms with Crippen molar-refractivity contribution in [1.29, 1.82) is 0 Å². The summed E-state index contributed by atoms with van der Waals surface area (Å²) in [4.78, 5) is 10.1. The number of rotatable bonds is 3. The van der Waals surface area contributed by atoms with Crippen molar-refractivity contribution in [2.45, 2.75) is 0 Å². The third-order valence-electron chi connectivity index (χ3n) is 9.87. The normalized spacial score (nSPS) is 11.8. The van der Waals surface area contributed by atoms with Gasteiger partial charge in [-0.3, -0.25) is 4.98 Å². The molecule has 0 saturated heterocycles. The van der Waals surface area contributed by atoms with Gasteiger partial charge in [0, 0.05) is 38.9 Å². The minimum atomic E-state index is 1.01. The van der Waals surface area contributed by atoms with Gasteiger partial charge < -0.3 is 0 Å². The zero-order chi connectivity index (χ0) is 31.6. The number of pyridine rings is 2. The molecule has 2 nitrogen and oxygen atoms in total. The summed E-state index contributed by atoms with van der Waals surface area (Å²) in [6.07, 6.45) is 1.90. The molecule has 2 heterocycles. The quantitative estimate of drug-likeness (QED) is 0.147. The summed E-state index contributed by atoms with van der Waals surface area (Å²) in [5.41, 5.74) is 9.03. The second-order valence-corrected chi connectivity index (χ2v) is 12.5. The van der Waals surface area contributed by atoms with Crippen molar-refractivity contribution < 1.29 is 0 Å². The van der Waals surface area contributed by atoms with E-state index < -0.39 is 0 Å². The van der Waals surface area contributed by atoms with Crippen molar-refractivity contribution >= 4 is 64.9 Å². The van der Waals surface area contributed by atoms with E-state index in [1.807, 2.05) is 12.3 Å². The van der Waals surface area contributed by atoms with Crippen molar-refractivity contribution in [2.75, 3.05) is 0 Å². The monoisotopic (exact) mass is 608 g/mol. The van der Waals surface area contributed by atoms with Gasteiger partial charge in [0.2, 0.25) is 0 Å². The number of nitrogens with zero attached hydrogens (tertiary/aromatic N) is 2. The number of para-hydroxylation sites is 2. The van der Waals surface area contributed by atoms with E-state index in [2.05, 4.69) is 158 Å². The molecule has 8 aromatic carbocycles. The Morgan fingerprint density at radius 3 is 1.67 bits per heavy atom. The first-order valence-corrected chi connectivity index (χ1v) is 16.4. The molecule has 0 bridgehead atoms. The summed E-state index contributed by atoms with van der Waals surface area (Å²) in [6, 6.07) is 58.9. The molecular weight excluding hydrogens is 581 g/mol. The van der Waals surface area contributed by atoms with Crippen LogP contribution < -0.4 is 0 Å². The fraction of sp³-hybridized carbons (Fsp3) is 0. The zero-order valence-corrected chi connectivity index (χ0v) is 26.1. The highest BCUT2D eigenvalue weighted by Gasteiger charge is 2.20. The first-order chi connectivity index (χ1) is 23.8. The Bertz CT molecular complexity index is 2830. The van der Waals surface area contributed by atoms with E-state index in [-0.39, 0.29) is 0 Å². The first-order valence-electron chi connectivity index (χ1n) is 16.4. The van der Waals surface area contributed by atoms with Crippen molar-refractivity contribution in [3.05, 3.63) is 170 Å². The Balaban J connectivity index is 1.34. The van der Waals surface area contributed by atoms with E-state index in [0.717, 1.165) is 38.6 Å². The molecule has 0 atom stereocenters. The molecule has 2 heteroatoms. The van der Waals surface area contributed by atoms with Gasteiger partial charge in [0.05, 0.1) is 16.7 Å². The molecule has 2 aromatic heterocycles. The van der Waals surface area contributed by atoms with Crippen LogP contribution in [0.15, 0.2) is 170 Å². The molecule has 0 amide bonds. The van der Waals surface area contributed by atoms with Crippen LogP contribution in [0, 0.1) is 0 Å². The molecule has 0 spiro atoms. The zero-order valence-electron chi connectivity index (χ0n) is 26.1. The third-order valence-corrected chi connectivity index (χ3v) is 9.87. The predicted molar refractivity (Wildman–Crippen MR) is 203 cm³/mol. The highest BCUT2D eigenvalue weighted by molar-refractivity contribution is 6.28. The minimum Gasteiger partial charge on any atom is -0.256 e. The highest BCUT2D eigenvalue weighted by Crippen LogP contribution is 2.47. The van der Waals surface area contributed by atoms with Gasteiger partial charge in [-0.1, -0.05) is 152 Å². The second kappa shape index (κ2) is 10.6. The van der Waals surface area contributed by atoms with Gasteiger partial charge >= 0.3 is 0 Å². The van der Waals surface area contributed by atoms with Gasteiger partial charge in [-0.25, -0.2) is 4.98 Å². The van der Waals surface area contributed by atoms with Crippen LogP contribution in [0.4, 0.5) is 0 Å². The summed E-state index contributed by atoms with van der Waals surface area (Å²) < 4.78 is 0. The Labute approximate surface area is 277 Å². The first kappa shape index (κ1) is 26.8. The molecule has 222 valence electrons. The molecule has 0 unspecified atom stereocenters. The smallest absolute Gasteiger partial charge is 0.0788 e. The Hall–Kier alpha value is -6.38. The number of aromatic nitrogens is 2. The molecule has 48 heavy (non-hydrogen) atoms. The molecular formula is C46H28N2. The molecule has 10 aromatic rings. The Morgan fingerprint density at radius 2 is 0.917 bits per heavy atom. The summed E-state index contributed by atoms with van der Waals surface area (Å²) in [5.74, 6) is 0. The third kappa shape index (κ3) is 3.93. The SMILES string of the molecule is c1ccc(-c2nc3ccccc3c3c2ccc2c(-c4c5ccccc5c(-c5cccc6cccnc56)c5ccccc45)cccc23)cc1. The maximum Gasteiger partial charge on any atom is 0.0788 e. The van der Waals surface area contributed by atoms with Gasteiger partial charge in [0.15, 0.2) is 0 Å². The van der Waals surface area contributed by atoms with E-state index in [4.69, 9.17) is 9.97 Å². The van der Waals surface area contributed by atoms with E-state index in [0.29, 0.717) is 0 Å². The van der Waals surface area contributed by atoms with Gasteiger partial charge in [0.25, 0.3) is 0 Å². The van der Waals surface area contributed by atoms with E-state index >= 15 is 0 Å². The molecule has 0 N–H and O–H groups in total. The molecule has 0 aliphatic carbocycles. The fourth-order valence-electron chi connectivity index (χ4n) is 7.86. The van der Waals surface area contributed by atoms with E-state index in [1.165, 1.54) is 59.8 Å². The van der Waals surface area contributed by atoms with E-state index in [1.54, 1.807) is 0 Å². The number of fused-ring (bicyclic) bond motifs is 8. The summed E-state index contributed by atoms with van der Waals surface area (Å²) in [6.45, 7) is 0. The summed E-state index contributed by atoms with van der Waals surface area (Å²) >= 11 is 0. The van der Waals surface area contributed by atoms with Crippen LogP contribution in [0.3, 0.4) is 0 Å². The van der Waals surface area contributed by atoms with Crippen LogP contribution in [0.2, 0.25) is 0 Å². The lowest BCUT2D eigenvalue weighted by Gasteiger charge is -2.20. The largest absolute Gasteiger partial charge is 0.256 e. The fourth-order valence-corrected chi connectivity index (χ4v) is 7.86. The van der Waals surface area contributed by atoms with Crippen molar-refractivity contribution in [3.8, 4) is 33.5 Å². The van der Waals surface area contributed by atoms with Gasteiger partial charge in [0.1, 0.15) is 0 Å². The molecule has 0 aliphatic rings. The molecule has 0 aliphatic heterocycles. The maximum atomic E-state index is 5.20. The maximum absolute atomic E-state index is 5.20. The van der Waals surface area contributed by atoms with E-state index in [9.17, 15) is 0 Å². The van der Waals surface area contributed by atoms with Gasteiger partial charge in [-0.2, -0.15) is 0 Å². The summed E-state index contributed by atoms with van der Waals surface area (Å²) in [5, 5.41) is 12.1. The molecule has 0 radical (unpaired) electrons. The van der Waals surface area contributed by atoms with Gasteiger partial charge in [-0.05, 0) is 61.1 Å². The van der Waals surface area contributed by atoms with Crippen LogP contribution in [0.25, 0.3) is 98.4 Å². The minimum absolute atomic E-state index is 1.01. The molecule has 0 fully saturated rings. The second-order valence-electron chi connectivity index (χ2n) is 12.5. The Morgan fingerprint density at radius 1 is 0.354 bits per heavy atom. The van der Waals surface area contributed by atoms with Crippen LogP contribution in [0.1, 0.15) is 0 Å². The predicted octanol–water partition coefficient (Wildman–Crippen LogP) is 12.4. The average molecular weight is 609 g/mol. The lowest BCUT2D eigenvalue weighted by Crippen LogP contribution is -1.94. The molecule has 0 saturated carbocycles. The summed E-state index contributed by atoms with van der Waals surface area (Å²) in [7, 11) is 0. The highest BCUT2D eigenvalue weighted by atomic mass is 14.7. The topological polar surface area (TPSA) is 25.8 Å². The Kier molecular flexibility index (Phi) is 5.91. The van der Waals surface area contributed by atoms with Crippen LogP contribution in [0.5, 0.6) is 0 Å². The van der Waals surface area contributed by atoms with Crippen molar-refractivity contribution in [3.63, 3.8) is 0 Å². The average Bonchev–Trinajstić information content (AvgIpc) is 3.16. The van der Waals surface area contributed by atoms with Crippen LogP contribution >= 0.6 is 0 Å². The van der Waals surface area contributed by atoms with Crippen molar-refractivity contribution in [1.82, 2.24) is 9.97 Å². The lowest BCUT2D eigenvalue weighted by atomic mass is 9.83. The van der Waals surface area contributed by atoms with Crippen LogP contribution in [-0.2, 0) is 0 Å². The van der Waals surface area contributed by atoms with Crippen LogP contribution in [-0.4, -0.2) is 9.97 Å². The number of hydrogen-bond donors (Lipinski definition) is 0. The number of benzene rings is 8.